The fraction of sp³-hybridized carbons (Fsp3) is 0.304. The molecule has 0 spiro atoms. The highest BCUT2D eigenvalue weighted by Crippen LogP contribution is 2.74. The van der Waals surface area contributed by atoms with Gasteiger partial charge < -0.3 is 14.9 Å². The van der Waals surface area contributed by atoms with Crippen LogP contribution in [0.3, 0.4) is 0 Å². The first-order valence-electron chi connectivity index (χ1n) is 9.02. The minimum Gasteiger partial charge on any atom is -0.481 e. The Morgan fingerprint density at radius 1 is 1.04 bits per heavy atom. The minimum absolute atomic E-state index is 0.382. The number of para-hydroxylation sites is 1. The van der Waals surface area contributed by atoms with Gasteiger partial charge in [-0.25, -0.2) is 4.79 Å². The number of rotatable bonds is 5. The van der Waals surface area contributed by atoms with E-state index in [0.717, 1.165) is 5.56 Å². The number of hydrogen-bond acceptors (Lipinski definition) is 3. The van der Waals surface area contributed by atoms with Crippen LogP contribution in [-0.2, 0) is 9.59 Å². The molecule has 0 heterocycles. The standard InChI is InChI=1S/C23H22O5/c1-15(23(21(26)27)19(22(23,2)3)12-13-20(24)25)16-8-7-11-18(14-16)28-17-9-5-4-6-10-17/h4-11,14-15,19H,1-3H3,(H,24,25)(H,26,27)/t15-,19+,23-/m0/s1. The van der Waals surface area contributed by atoms with Crippen LogP contribution in [0.25, 0.3) is 0 Å². The normalized spacial score (nSPS) is 23.0. The molecule has 1 aliphatic rings. The van der Waals surface area contributed by atoms with E-state index >= 15 is 0 Å². The molecule has 144 valence electrons. The molecule has 2 aromatic carbocycles. The van der Waals surface area contributed by atoms with Gasteiger partial charge in [0.15, 0.2) is 0 Å². The van der Waals surface area contributed by atoms with Gasteiger partial charge in [-0.15, -0.1) is 0 Å². The van der Waals surface area contributed by atoms with E-state index in [1.54, 1.807) is 0 Å². The molecule has 0 unspecified atom stereocenters. The van der Waals surface area contributed by atoms with Gasteiger partial charge in [-0.1, -0.05) is 57.0 Å². The Hall–Kier alpha value is -3.26. The zero-order valence-corrected chi connectivity index (χ0v) is 16.0. The van der Waals surface area contributed by atoms with Gasteiger partial charge in [-0.05, 0) is 41.2 Å². The van der Waals surface area contributed by atoms with Crippen LogP contribution >= 0.6 is 0 Å². The molecule has 0 amide bonds. The number of ether oxygens (including phenoxy) is 1. The first kappa shape index (κ1) is 19.5. The van der Waals surface area contributed by atoms with Crippen LogP contribution in [0.4, 0.5) is 0 Å². The highest BCUT2D eigenvalue weighted by Gasteiger charge is 2.77. The molecule has 5 heteroatoms. The van der Waals surface area contributed by atoms with Crippen LogP contribution in [0.15, 0.2) is 54.6 Å². The van der Waals surface area contributed by atoms with E-state index in [-0.39, 0.29) is 5.92 Å². The quantitative estimate of drug-likeness (QED) is 0.754. The summed E-state index contributed by atoms with van der Waals surface area (Å²) in [6.45, 7) is 5.49. The third kappa shape index (κ3) is 3.11. The molecule has 1 saturated carbocycles. The highest BCUT2D eigenvalue weighted by atomic mass is 16.5. The number of hydrogen-bond donors (Lipinski definition) is 2. The van der Waals surface area contributed by atoms with E-state index < -0.39 is 28.7 Å². The van der Waals surface area contributed by atoms with Crippen molar-refractivity contribution in [2.24, 2.45) is 16.7 Å². The van der Waals surface area contributed by atoms with Gasteiger partial charge in [0.2, 0.25) is 0 Å². The van der Waals surface area contributed by atoms with Crippen LogP contribution in [0.1, 0.15) is 32.3 Å². The SMILES string of the molecule is C[C@@H](c1cccc(Oc2ccccc2)c1)[C@@]1(C(=O)O)[C@H](C#CC(=O)O)C1(C)C. The largest absolute Gasteiger partial charge is 0.481 e. The van der Waals surface area contributed by atoms with Gasteiger partial charge >= 0.3 is 11.9 Å². The summed E-state index contributed by atoms with van der Waals surface area (Å²) < 4.78 is 5.87. The maximum Gasteiger partial charge on any atom is 0.381 e. The molecule has 0 bridgehead atoms. The van der Waals surface area contributed by atoms with Gasteiger partial charge in [-0.3, -0.25) is 4.79 Å². The lowest BCUT2D eigenvalue weighted by molar-refractivity contribution is -0.146. The summed E-state index contributed by atoms with van der Waals surface area (Å²) in [5, 5.41) is 18.9. The monoisotopic (exact) mass is 378 g/mol. The Morgan fingerprint density at radius 2 is 1.68 bits per heavy atom. The Bertz CT molecular complexity index is 967. The fourth-order valence-corrected chi connectivity index (χ4v) is 4.35. The molecule has 1 fully saturated rings. The van der Waals surface area contributed by atoms with Crippen molar-refractivity contribution in [3.63, 3.8) is 0 Å². The van der Waals surface area contributed by atoms with E-state index in [1.165, 1.54) is 0 Å². The molecule has 2 N–H and O–H groups in total. The Balaban J connectivity index is 1.95. The smallest absolute Gasteiger partial charge is 0.381 e. The van der Waals surface area contributed by atoms with Gasteiger partial charge in [0.1, 0.15) is 11.5 Å². The molecule has 3 atom stereocenters. The number of aliphatic carboxylic acids is 2. The third-order valence-corrected chi connectivity index (χ3v) is 5.86. The zero-order valence-electron chi connectivity index (χ0n) is 16.0. The molecule has 5 nitrogen and oxygen atoms in total. The zero-order chi connectivity index (χ0) is 20.5. The Morgan fingerprint density at radius 3 is 2.29 bits per heavy atom. The predicted molar refractivity (Wildman–Crippen MR) is 104 cm³/mol. The second-order valence-corrected chi connectivity index (χ2v) is 7.61. The van der Waals surface area contributed by atoms with E-state index in [4.69, 9.17) is 9.84 Å². The van der Waals surface area contributed by atoms with Crippen molar-refractivity contribution >= 4 is 11.9 Å². The molecule has 0 aromatic heterocycles. The molecule has 1 aliphatic carbocycles. The van der Waals surface area contributed by atoms with Crippen LogP contribution in [0.2, 0.25) is 0 Å². The minimum atomic E-state index is -1.26. The first-order valence-corrected chi connectivity index (χ1v) is 9.02. The topological polar surface area (TPSA) is 83.8 Å². The predicted octanol–water partition coefficient (Wildman–Crippen LogP) is 4.40. The average Bonchev–Trinajstić information content (AvgIpc) is 3.16. The molecule has 28 heavy (non-hydrogen) atoms. The Kier molecular flexibility index (Phi) is 4.91. The summed E-state index contributed by atoms with van der Waals surface area (Å²) in [6.07, 6.45) is 0. The average molecular weight is 378 g/mol. The van der Waals surface area contributed by atoms with Crippen molar-refractivity contribution in [3.05, 3.63) is 60.2 Å². The number of benzene rings is 2. The highest BCUT2D eigenvalue weighted by molar-refractivity contribution is 5.88. The summed E-state index contributed by atoms with van der Waals surface area (Å²) in [4.78, 5) is 23.1. The summed E-state index contributed by atoms with van der Waals surface area (Å²) in [5.41, 5.74) is -1.01. The van der Waals surface area contributed by atoms with Crippen molar-refractivity contribution < 1.29 is 24.5 Å². The third-order valence-electron chi connectivity index (χ3n) is 5.86. The second kappa shape index (κ2) is 7.05. The molecule has 0 saturated heterocycles. The van der Waals surface area contributed by atoms with E-state index in [0.29, 0.717) is 11.5 Å². The summed E-state index contributed by atoms with van der Waals surface area (Å²) in [6, 6.07) is 16.7. The lowest BCUT2D eigenvalue weighted by Gasteiger charge is -2.24. The van der Waals surface area contributed by atoms with Crippen molar-refractivity contribution in [1.82, 2.24) is 0 Å². The molecule has 0 radical (unpaired) electrons. The molecular weight excluding hydrogens is 356 g/mol. The summed E-state index contributed by atoms with van der Waals surface area (Å²) >= 11 is 0. The van der Waals surface area contributed by atoms with Gasteiger partial charge in [0, 0.05) is 11.8 Å². The number of carbonyl (C=O) groups is 2. The van der Waals surface area contributed by atoms with E-state index in [2.05, 4.69) is 11.8 Å². The van der Waals surface area contributed by atoms with Gasteiger partial charge in [0.25, 0.3) is 0 Å². The van der Waals surface area contributed by atoms with Gasteiger partial charge in [0.05, 0.1) is 5.41 Å². The second-order valence-electron chi connectivity index (χ2n) is 7.61. The fourth-order valence-electron chi connectivity index (χ4n) is 4.35. The van der Waals surface area contributed by atoms with Crippen LogP contribution in [0.5, 0.6) is 11.5 Å². The maximum atomic E-state index is 12.3. The molecule has 2 aromatic rings. The van der Waals surface area contributed by atoms with Crippen LogP contribution in [0, 0.1) is 28.6 Å². The maximum absolute atomic E-state index is 12.3. The molecule has 0 aliphatic heterocycles. The number of carboxylic acids is 2. The molecule has 3 rings (SSSR count). The van der Waals surface area contributed by atoms with Crippen LogP contribution in [-0.4, -0.2) is 22.2 Å². The lowest BCUT2D eigenvalue weighted by Crippen LogP contribution is -2.28. The Labute approximate surface area is 164 Å². The lowest BCUT2D eigenvalue weighted by atomic mass is 9.79. The van der Waals surface area contributed by atoms with E-state index in [1.807, 2.05) is 75.4 Å². The van der Waals surface area contributed by atoms with Gasteiger partial charge in [-0.2, -0.15) is 0 Å². The summed E-state index contributed by atoms with van der Waals surface area (Å²) in [7, 11) is 0. The van der Waals surface area contributed by atoms with Crippen molar-refractivity contribution in [1.29, 1.82) is 0 Å². The molecular formula is C23H22O5. The first-order chi connectivity index (χ1) is 13.2. The summed E-state index contributed by atoms with van der Waals surface area (Å²) in [5.74, 6) is 2.91. The van der Waals surface area contributed by atoms with E-state index in [9.17, 15) is 14.7 Å². The van der Waals surface area contributed by atoms with Crippen LogP contribution < -0.4 is 4.74 Å². The van der Waals surface area contributed by atoms with Crippen molar-refractivity contribution in [3.8, 4) is 23.3 Å². The number of carboxylic acid groups (broad SMARTS) is 2. The van der Waals surface area contributed by atoms with Crippen molar-refractivity contribution in [2.45, 2.75) is 26.7 Å². The van der Waals surface area contributed by atoms with Crippen molar-refractivity contribution in [2.75, 3.05) is 0 Å².